The van der Waals surface area contributed by atoms with Gasteiger partial charge in [0, 0.05) is 31.7 Å². The molecular weight excluding hydrogens is 240 g/mol. The number of nitrogens with two attached hydrogens (primary N) is 2. The zero-order valence-corrected chi connectivity index (χ0v) is 12.4. The van der Waals surface area contributed by atoms with E-state index in [2.05, 4.69) is 19.1 Å². The Morgan fingerprint density at radius 3 is 2.37 bits per heavy atom. The van der Waals surface area contributed by atoms with Gasteiger partial charge in [-0.1, -0.05) is 6.42 Å². The van der Waals surface area contributed by atoms with Crippen LogP contribution < -0.4 is 11.5 Å². The lowest BCUT2D eigenvalue weighted by Crippen LogP contribution is -2.47. The van der Waals surface area contributed by atoms with E-state index in [1.54, 1.807) is 0 Å². The lowest BCUT2D eigenvalue weighted by molar-refractivity contribution is -0.895. The Morgan fingerprint density at radius 2 is 1.79 bits per heavy atom. The first kappa shape index (κ1) is 16.0. The Kier molecular flexibility index (Phi) is 6.28. The van der Waals surface area contributed by atoms with Crippen LogP contribution in [0.4, 0.5) is 0 Å². The Hall–Kier alpha value is -1.10. The number of carbonyl (C=O) groups is 1. The fourth-order valence-corrected chi connectivity index (χ4v) is 2.59. The van der Waals surface area contributed by atoms with E-state index in [0.717, 1.165) is 56.1 Å². The third-order valence-electron chi connectivity index (χ3n) is 4.00. The minimum atomic E-state index is 0.152. The van der Waals surface area contributed by atoms with Gasteiger partial charge >= 0.3 is 0 Å². The molecule has 110 valence electrons. The van der Waals surface area contributed by atoms with Gasteiger partial charge in [-0.25, -0.2) is 0 Å². The van der Waals surface area contributed by atoms with Gasteiger partial charge in [-0.3, -0.25) is 9.79 Å². The largest absolute Gasteiger partial charge is 0.370 e. The van der Waals surface area contributed by atoms with Gasteiger partial charge in [0.2, 0.25) is 0 Å². The third kappa shape index (κ3) is 6.57. The maximum absolute atomic E-state index is 12.1. The summed E-state index contributed by atoms with van der Waals surface area (Å²) in [6, 6.07) is 0. The van der Waals surface area contributed by atoms with Crippen molar-refractivity contribution in [1.29, 1.82) is 0 Å². The molecule has 1 heterocycles. The van der Waals surface area contributed by atoms with Crippen LogP contribution >= 0.6 is 0 Å². The molecule has 1 fully saturated rings. The topological polar surface area (TPSA) is 81.5 Å². The summed E-state index contributed by atoms with van der Waals surface area (Å²) in [6.45, 7) is 2.92. The van der Waals surface area contributed by atoms with Crippen molar-refractivity contribution in [3.05, 3.63) is 0 Å². The van der Waals surface area contributed by atoms with E-state index >= 15 is 0 Å². The van der Waals surface area contributed by atoms with Crippen molar-refractivity contribution < 1.29 is 9.28 Å². The van der Waals surface area contributed by atoms with Crippen LogP contribution in [-0.4, -0.2) is 50.0 Å². The van der Waals surface area contributed by atoms with E-state index in [1.165, 1.54) is 0 Å². The van der Waals surface area contributed by atoms with E-state index in [9.17, 15) is 4.79 Å². The predicted octanol–water partition coefficient (Wildman–Crippen LogP) is 0.876. The molecule has 19 heavy (non-hydrogen) atoms. The highest BCUT2D eigenvalue weighted by Gasteiger charge is 2.29. The summed E-state index contributed by atoms with van der Waals surface area (Å²) in [5.41, 5.74) is 10.5. The first-order valence-corrected chi connectivity index (χ1v) is 7.31. The van der Waals surface area contributed by atoms with Gasteiger partial charge in [-0.2, -0.15) is 0 Å². The van der Waals surface area contributed by atoms with Gasteiger partial charge in [0.05, 0.1) is 27.2 Å². The fourth-order valence-electron chi connectivity index (χ4n) is 2.59. The van der Waals surface area contributed by atoms with Gasteiger partial charge in [-0.15, -0.1) is 0 Å². The maximum atomic E-state index is 12.1. The Balaban J connectivity index is 2.10. The van der Waals surface area contributed by atoms with E-state index in [0.29, 0.717) is 18.2 Å². The lowest BCUT2D eigenvalue weighted by Gasteiger charge is -2.36. The number of carbonyl (C=O) groups excluding carboxylic acids is 1. The van der Waals surface area contributed by atoms with Crippen molar-refractivity contribution in [3.63, 3.8) is 0 Å². The van der Waals surface area contributed by atoms with Crippen molar-refractivity contribution >= 4 is 11.7 Å². The van der Waals surface area contributed by atoms with Gasteiger partial charge in [0.1, 0.15) is 5.78 Å². The minimum Gasteiger partial charge on any atom is -0.370 e. The quantitative estimate of drug-likeness (QED) is 0.311. The zero-order valence-electron chi connectivity index (χ0n) is 12.4. The van der Waals surface area contributed by atoms with Crippen molar-refractivity contribution in [2.75, 3.05) is 33.7 Å². The van der Waals surface area contributed by atoms with Crippen LogP contribution in [0.25, 0.3) is 0 Å². The summed E-state index contributed by atoms with van der Waals surface area (Å²) in [4.78, 5) is 16.0. The highest BCUT2D eigenvalue weighted by Crippen LogP contribution is 2.22. The highest BCUT2D eigenvalue weighted by molar-refractivity contribution is 5.81. The second-order valence-corrected chi connectivity index (χ2v) is 6.24. The van der Waals surface area contributed by atoms with E-state index in [1.807, 2.05) is 0 Å². The first-order valence-electron chi connectivity index (χ1n) is 7.31. The lowest BCUT2D eigenvalue weighted by atomic mass is 9.89. The minimum absolute atomic E-state index is 0.152. The number of rotatable bonds is 7. The first-order chi connectivity index (χ1) is 8.91. The average molecular weight is 269 g/mol. The smallest absolute Gasteiger partial charge is 0.185 e. The third-order valence-corrected chi connectivity index (χ3v) is 4.00. The number of piperidine rings is 1. The molecule has 0 unspecified atom stereocenters. The molecule has 0 amide bonds. The summed E-state index contributed by atoms with van der Waals surface area (Å²) in [6.07, 6.45) is 5.78. The highest BCUT2D eigenvalue weighted by atomic mass is 16.1. The molecule has 0 radical (unpaired) electrons. The van der Waals surface area contributed by atoms with Crippen molar-refractivity contribution in [1.82, 2.24) is 0 Å². The van der Waals surface area contributed by atoms with Gasteiger partial charge in [-0.05, 0) is 12.8 Å². The molecule has 1 rings (SSSR count). The summed E-state index contributed by atoms with van der Waals surface area (Å²) in [5.74, 6) is 0.921. The maximum Gasteiger partial charge on any atom is 0.185 e. The van der Waals surface area contributed by atoms with Crippen LogP contribution in [0.15, 0.2) is 4.99 Å². The Labute approximate surface area is 116 Å². The van der Waals surface area contributed by atoms with Gasteiger partial charge in [0.15, 0.2) is 5.96 Å². The number of guanidine groups is 1. The number of quaternary nitrogens is 1. The molecule has 1 aliphatic heterocycles. The standard InChI is InChI=1S/C14H29N4O/c1-18(2)10-7-12(8-11-18)13(19)6-4-3-5-9-17-14(15)16/h12H,3-11H2,1-2H3,(H4,15,16,17)/q+1. The molecule has 0 spiro atoms. The van der Waals surface area contributed by atoms with E-state index in [-0.39, 0.29) is 5.96 Å². The Morgan fingerprint density at radius 1 is 1.16 bits per heavy atom. The SMILES string of the molecule is C[N+]1(C)CCC(C(=O)CCCCCN=C(N)N)CC1. The normalized spacial score (nSPS) is 19.1. The molecule has 0 aromatic heterocycles. The summed E-state index contributed by atoms with van der Waals surface area (Å²) < 4.78 is 1.06. The molecule has 5 nitrogen and oxygen atoms in total. The zero-order chi connectivity index (χ0) is 14.3. The van der Waals surface area contributed by atoms with Crippen LogP contribution in [0.5, 0.6) is 0 Å². The van der Waals surface area contributed by atoms with E-state index < -0.39 is 0 Å². The molecular formula is C14H29N4O+. The number of hydrogen-bond acceptors (Lipinski definition) is 2. The molecule has 0 bridgehead atoms. The van der Waals surface area contributed by atoms with Crippen molar-refractivity contribution in [3.8, 4) is 0 Å². The average Bonchev–Trinajstić information content (AvgIpc) is 2.32. The van der Waals surface area contributed by atoms with Crippen LogP contribution in [0.2, 0.25) is 0 Å². The second kappa shape index (κ2) is 7.48. The van der Waals surface area contributed by atoms with Gasteiger partial charge < -0.3 is 16.0 Å². The van der Waals surface area contributed by atoms with E-state index in [4.69, 9.17) is 11.5 Å². The summed E-state index contributed by atoms with van der Waals surface area (Å²) in [7, 11) is 4.48. The molecule has 0 aliphatic carbocycles. The molecule has 0 aromatic rings. The number of hydrogen-bond donors (Lipinski definition) is 2. The molecule has 4 N–H and O–H groups in total. The van der Waals surface area contributed by atoms with Gasteiger partial charge in [0.25, 0.3) is 0 Å². The number of unbranched alkanes of at least 4 members (excludes halogenated alkanes) is 2. The molecule has 0 saturated carbocycles. The fraction of sp³-hybridized carbons (Fsp3) is 0.857. The number of aliphatic imine (C=N–C) groups is 1. The number of likely N-dealkylation sites (tertiary alicyclic amines) is 1. The number of ketones is 1. The molecule has 1 aliphatic rings. The predicted molar refractivity (Wildman–Crippen MR) is 78.7 cm³/mol. The Bertz CT molecular complexity index is 311. The number of Topliss-reactive ketones (excluding diaryl/α,β-unsaturated/α-hetero) is 1. The number of nitrogens with zero attached hydrogens (tertiary/aromatic N) is 2. The molecule has 5 heteroatoms. The van der Waals surface area contributed by atoms with Crippen LogP contribution in [-0.2, 0) is 4.79 Å². The van der Waals surface area contributed by atoms with Crippen molar-refractivity contribution in [2.45, 2.75) is 38.5 Å². The summed E-state index contributed by atoms with van der Waals surface area (Å²) in [5, 5.41) is 0. The van der Waals surface area contributed by atoms with Crippen LogP contribution in [0, 0.1) is 5.92 Å². The monoisotopic (exact) mass is 269 g/mol. The second-order valence-electron chi connectivity index (χ2n) is 6.24. The molecule has 0 atom stereocenters. The van der Waals surface area contributed by atoms with Crippen LogP contribution in [0.1, 0.15) is 38.5 Å². The van der Waals surface area contributed by atoms with Crippen LogP contribution in [0.3, 0.4) is 0 Å². The molecule has 1 saturated heterocycles. The molecule has 0 aromatic carbocycles. The van der Waals surface area contributed by atoms with Crippen molar-refractivity contribution in [2.24, 2.45) is 22.4 Å². The summed E-state index contributed by atoms with van der Waals surface area (Å²) >= 11 is 0.